The first-order chi connectivity index (χ1) is 6.43. The fourth-order valence-corrected chi connectivity index (χ4v) is 0.868. The van der Waals surface area contributed by atoms with Crippen LogP contribution in [0.25, 0.3) is 0 Å². The van der Waals surface area contributed by atoms with Gasteiger partial charge in [-0.15, -0.1) is 0 Å². The van der Waals surface area contributed by atoms with Gasteiger partial charge in [-0.25, -0.2) is 18.2 Å². The van der Waals surface area contributed by atoms with E-state index in [2.05, 4.69) is 4.98 Å². The number of anilines is 1. The van der Waals surface area contributed by atoms with Gasteiger partial charge in [0.2, 0.25) is 0 Å². The molecule has 0 aliphatic rings. The summed E-state index contributed by atoms with van der Waals surface area (Å²) in [5.74, 6) is -2.83. The largest absolute Gasteiger partial charge is 0.383 e. The lowest BCUT2D eigenvalue weighted by Crippen LogP contribution is -2.16. The van der Waals surface area contributed by atoms with Gasteiger partial charge < -0.3 is 11.5 Å². The number of alkyl halides is 2. The maximum Gasteiger partial charge on any atom is 0.283 e. The van der Waals surface area contributed by atoms with E-state index in [1.54, 1.807) is 0 Å². The summed E-state index contributed by atoms with van der Waals surface area (Å²) in [6, 6.07) is 0.548. The molecule has 0 aliphatic carbocycles. The zero-order valence-corrected chi connectivity index (χ0v) is 6.80. The zero-order chi connectivity index (χ0) is 10.9. The van der Waals surface area contributed by atoms with E-state index in [1.165, 1.54) is 0 Å². The minimum Gasteiger partial charge on any atom is -0.383 e. The van der Waals surface area contributed by atoms with Crippen molar-refractivity contribution >= 4 is 11.7 Å². The van der Waals surface area contributed by atoms with Crippen LogP contribution in [0.15, 0.2) is 6.07 Å². The molecule has 0 radical (unpaired) electrons. The second-order valence-electron chi connectivity index (χ2n) is 2.45. The van der Waals surface area contributed by atoms with Crippen LogP contribution in [0.3, 0.4) is 0 Å². The standard InChI is InChI=1S/C7H6F3N3O/c8-3-1-2(7(12)14)6(11)13-4(3)5(9)10/h1,5H,(H2,11,13)(H2,12,14). The number of amides is 1. The van der Waals surface area contributed by atoms with Crippen LogP contribution in [0, 0.1) is 5.82 Å². The van der Waals surface area contributed by atoms with Crippen LogP contribution < -0.4 is 11.5 Å². The van der Waals surface area contributed by atoms with E-state index in [-0.39, 0.29) is 0 Å². The van der Waals surface area contributed by atoms with Crippen molar-refractivity contribution in [2.45, 2.75) is 6.43 Å². The molecule has 0 saturated heterocycles. The highest BCUT2D eigenvalue weighted by Crippen LogP contribution is 2.22. The van der Waals surface area contributed by atoms with E-state index in [1.807, 2.05) is 0 Å². The topological polar surface area (TPSA) is 82.0 Å². The Morgan fingerprint density at radius 3 is 2.50 bits per heavy atom. The first kappa shape index (κ1) is 10.3. The van der Waals surface area contributed by atoms with Gasteiger partial charge in [0.15, 0.2) is 5.82 Å². The molecule has 76 valence electrons. The van der Waals surface area contributed by atoms with E-state index in [0.29, 0.717) is 6.07 Å². The molecule has 0 unspecified atom stereocenters. The molecule has 0 fully saturated rings. The Balaban J connectivity index is 3.31. The van der Waals surface area contributed by atoms with Crippen molar-refractivity contribution in [3.8, 4) is 0 Å². The van der Waals surface area contributed by atoms with Crippen molar-refractivity contribution in [2.75, 3.05) is 5.73 Å². The van der Waals surface area contributed by atoms with Gasteiger partial charge in [-0.2, -0.15) is 0 Å². The number of rotatable bonds is 2. The molecule has 1 aromatic heterocycles. The summed E-state index contributed by atoms with van der Waals surface area (Å²) in [4.78, 5) is 13.6. The third kappa shape index (κ3) is 1.76. The molecule has 0 aromatic carbocycles. The van der Waals surface area contributed by atoms with Crippen molar-refractivity contribution in [1.29, 1.82) is 0 Å². The SMILES string of the molecule is NC(=O)c1cc(F)c(C(F)F)nc1N. The number of hydrogen-bond donors (Lipinski definition) is 2. The number of nitrogens with two attached hydrogens (primary N) is 2. The second-order valence-corrected chi connectivity index (χ2v) is 2.45. The van der Waals surface area contributed by atoms with Gasteiger partial charge in [0.25, 0.3) is 12.3 Å². The summed E-state index contributed by atoms with van der Waals surface area (Å²) in [5.41, 5.74) is 8.41. The minimum atomic E-state index is -3.08. The van der Waals surface area contributed by atoms with E-state index in [9.17, 15) is 18.0 Å². The Morgan fingerprint density at radius 2 is 2.07 bits per heavy atom. The molecule has 0 saturated carbocycles. The smallest absolute Gasteiger partial charge is 0.283 e. The van der Waals surface area contributed by atoms with Crippen molar-refractivity contribution in [2.24, 2.45) is 5.73 Å². The Hall–Kier alpha value is -1.79. The Kier molecular flexibility index (Phi) is 2.59. The summed E-state index contributed by atoms with van der Waals surface area (Å²) in [6.07, 6.45) is -3.08. The first-order valence-corrected chi connectivity index (χ1v) is 3.47. The second kappa shape index (κ2) is 3.52. The monoisotopic (exact) mass is 205 g/mol. The number of nitrogen functional groups attached to an aromatic ring is 1. The fraction of sp³-hybridized carbons (Fsp3) is 0.143. The van der Waals surface area contributed by atoms with E-state index < -0.39 is 35.2 Å². The molecule has 14 heavy (non-hydrogen) atoms. The predicted octanol–water partition coefficient (Wildman–Crippen LogP) is 0.839. The quantitative estimate of drug-likeness (QED) is 0.750. The van der Waals surface area contributed by atoms with Gasteiger partial charge in [0.1, 0.15) is 11.5 Å². The maximum atomic E-state index is 12.8. The highest BCUT2D eigenvalue weighted by Gasteiger charge is 2.19. The number of primary amides is 1. The van der Waals surface area contributed by atoms with E-state index >= 15 is 0 Å². The van der Waals surface area contributed by atoms with Crippen molar-refractivity contribution in [3.63, 3.8) is 0 Å². The third-order valence-electron chi connectivity index (χ3n) is 1.50. The molecule has 4 nitrogen and oxygen atoms in total. The van der Waals surface area contributed by atoms with Crippen LogP contribution in [-0.4, -0.2) is 10.9 Å². The first-order valence-electron chi connectivity index (χ1n) is 3.47. The lowest BCUT2D eigenvalue weighted by Gasteiger charge is -2.05. The maximum absolute atomic E-state index is 12.8. The van der Waals surface area contributed by atoms with Crippen LogP contribution in [-0.2, 0) is 0 Å². The fourth-order valence-electron chi connectivity index (χ4n) is 0.868. The number of aromatic nitrogens is 1. The van der Waals surface area contributed by atoms with Gasteiger partial charge in [-0.05, 0) is 6.07 Å². The molecule has 7 heteroatoms. The number of carbonyl (C=O) groups excluding carboxylic acids is 1. The van der Waals surface area contributed by atoms with Gasteiger partial charge in [-0.1, -0.05) is 0 Å². The summed E-state index contributed by atoms with van der Waals surface area (Å²) < 4.78 is 37.0. The average molecular weight is 205 g/mol. The van der Waals surface area contributed by atoms with Crippen molar-refractivity contribution in [1.82, 2.24) is 4.98 Å². The molecule has 0 spiro atoms. The van der Waals surface area contributed by atoms with Crippen LogP contribution in [0.5, 0.6) is 0 Å². The molecule has 1 aromatic rings. The van der Waals surface area contributed by atoms with E-state index in [4.69, 9.17) is 11.5 Å². The highest BCUT2D eigenvalue weighted by atomic mass is 19.3. The zero-order valence-electron chi connectivity index (χ0n) is 6.80. The van der Waals surface area contributed by atoms with Gasteiger partial charge >= 0.3 is 0 Å². The number of halogens is 3. The predicted molar refractivity (Wildman–Crippen MR) is 42.1 cm³/mol. The number of hydrogen-bond acceptors (Lipinski definition) is 3. The summed E-state index contributed by atoms with van der Waals surface area (Å²) in [6.45, 7) is 0. The summed E-state index contributed by atoms with van der Waals surface area (Å²) in [7, 11) is 0. The third-order valence-corrected chi connectivity index (χ3v) is 1.50. The average Bonchev–Trinajstić information content (AvgIpc) is 2.07. The number of nitrogens with zero attached hydrogens (tertiary/aromatic N) is 1. The van der Waals surface area contributed by atoms with Crippen LogP contribution in [0.2, 0.25) is 0 Å². The normalized spacial score (nSPS) is 10.6. The van der Waals surface area contributed by atoms with Crippen LogP contribution in [0.1, 0.15) is 22.5 Å². The molecule has 4 N–H and O–H groups in total. The number of pyridine rings is 1. The molecular formula is C7H6F3N3O. The lowest BCUT2D eigenvalue weighted by molar-refractivity contribution is 0.0999. The van der Waals surface area contributed by atoms with Crippen molar-refractivity contribution in [3.05, 3.63) is 23.1 Å². The number of carbonyl (C=O) groups is 1. The molecule has 0 bridgehead atoms. The minimum absolute atomic E-state index is 0.410. The molecule has 0 aliphatic heterocycles. The van der Waals surface area contributed by atoms with Gasteiger partial charge in [-0.3, -0.25) is 4.79 Å². The van der Waals surface area contributed by atoms with Gasteiger partial charge in [0, 0.05) is 0 Å². The Bertz CT molecular complexity index is 381. The highest BCUT2D eigenvalue weighted by molar-refractivity contribution is 5.97. The lowest BCUT2D eigenvalue weighted by atomic mass is 10.2. The summed E-state index contributed by atoms with van der Waals surface area (Å²) >= 11 is 0. The summed E-state index contributed by atoms with van der Waals surface area (Å²) in [5, 5.41) is 0. The molecule has 1 amide bonds. The van der Waals surface area contributed by atoms with Gasteiger partial charge in [0.05, 0.1) is 5.56 Å². The molecular weight excluding hydrogens is 199 g/mol. The van der Waals surface area contributed by atoms with Crippen LogP contribution in [0.4, 0.5) is 19.0 Å². The van der Waals surface area contributed by atoms with Crippen LogP contribution >= 0.6 is 0 Å². The van der Waals surface area contributed by atoms with E-state index in [0.717, 1.165) is 0 Å². The molecule has 0 atom stereocenters. The molecule has 1 heterocycles. The molecule has 1 rings (SSSR count). The Morgan fingerprint density at radius 1 is 1.50 bits per heavy atom. The van der Waals surface area contributed by atoms with Crippen molar-refractivity contribution < 1.29 is 18.0 Å². The Labute approximate surface area is 76.7 Å².